The molecular formula is C12H14BrNO3. The van der Waals surface area contributed by atoms with Crippen molar-refractivity contribution < 1.29 is 14.6 Å². The molecule has 1 aromatic carbocycles. The van der Waals surface area contributed by atoms with Crippen LogP contribution in [0.5, 0.6) is 11.5 Å². The highest BCUT2D eigenvalue weighted by atomic mass is 79.9. The molecule has 0 aromatic heterocycles. The third-order valence-electron chi connectivity index (χ3n) is 3.27. The average Bonchev–Trinajstić information content (AvgIpc) is 2.98. The maximum Gasteiger partial charge on any atom is 0.231 e. The summed E-state index contributed by atoms with van der Waals surface area (Å²) in [6.07, 6.45) is 1.63. The van der Waals surface area contributed by atoms with Gasteiger partial charge < -0.3 is 19.9 Å². The molecule has 1 aromatic rings. The Bertz CT molecular complexity index is 432. The SMILES string of the molecule is OC(c1cc(Br)c2c(c1)OCO2)C1CCCN1. The predicted molar refractivity (Wildman–Crippen MR) is 66.2 cm³/mol. The van der Waals surface area contributed by atoms with Crippen molar-refractivity contribution in [3.63, 3.8) is 0 Å². The Morgan fingerprint density at radius 2 is 2.29 bits per heavy atom. The summed E-state index contributed by atoms with van der Waals surface area (Å²) < 4.78 is 11.5. The van der Waals surface area contributed by atoms with Gasteiger partial charge in [-0.1, -0.05) is 0 Å². The first-order chi connectivity index (χ1) is 8.25. The first-order valence-corrected chi connectivity index (χ1v) is 6.55. The van der Waals surface area contributed by atoms with Crippen molar-refractivity contribution in [2.45, 2.75) is 25.0 Å². The minimum Gasteiger partial charge on any atom is -0.454 e. The summed E-state index contributed by atoms with van der Waals surface area (Å²) in [7, 11) is 0. The predicted octanol–water partition coefficient (Wildman–Crippen LogP) is 1.96. The fourth-order valence-electron chi connectivity index (χ4n) is 2.37. The second kappa shape index (κ2) is 4.48. The van der Waals surface area contributed by atoms with Crippen LogP contribution < -0.4 is 14.8 Å². The van der Waals surface area contributed by atoms with Crippen LogP contribution >= 0.6 is 15.9 Å². The quantitative estimate of drug-likeness (QED) is 0.877. The van der Waals surface area contributed by atoms with E-state index in [0.717, 1.165) is 35.2 Å². The molecule has 0 bridgehead atoms. The van der Waals surface area contributed by atoms with E-state index in [9.17, 15) is 5.11 Å². The van der Waals surface area contributed by atoms with Gasteiger partial charge in [0.15, 0.2) is 11.5 Å². The van der Waals surface area contributed by atoms with Crippen LogP contribution in [0.2, 0.25) is 0 Å². The maximum atomic E-state index is 10.3. The lowest BCUT2D eigenvalue weighted by Gasteiger charge is -2.19. The van der Waals surface area contributed by atoms with E-state index in [-0.39, 0.29) is 12.8 Å². The molecule has 0 aliphatic carbocycles. The number of halogens is 1. The number of rotatable bonds is 2. The number of aliphatic hydroxyl groups is 1. The van der Waals surface area contributed by atoms with Crippen molar-refractivity contribution in [2.75, 3.05) is 13.3 Å². The number of hydrogen-bond acceptors (Lipinski definition) is 4. The first-order valence-electron chi connectivity index (χ1n) is 5.76. The molecule has 0 spiro atoms. The third-order valence-corrected chi connectivity index (χ3v) is 3.86. The van der Waals surface area contributed by atoms with E-state index in [2.05, 4.69) is 21.2 Å². The molecule has 4 nitrogen and oxygen atoms in total. The highest BCUT2D eigenvalue weighted by molar-refractivity contribution is 9.10. The lowest BCUT2D eigenvalue weighted by molar-refractivity contribution is 0.137. The Morgan fingerprint density at radius 1 is 1.41 bits per heavy atom. The molecule has 2 heterocycles. The number of ether oxygens (including phenoxy) is 2. The van der Waals surface area contributed by atoms with E-state index in [1.54, 1.807) is 0 Å². The smallest absolute Gasteiger partial charge is 0.231 e. The highest BCUT2D eigenvalue weighted by Crippen LogP contribution is 2.41. The average molecular weight is 300 g/mol. The standard InChI is InChI=1S/C12H14BrNO3/c13-8-4-7(5-10-12(8)17-6-16-10)11(15)9-2-1-3-14-9/h4-5,9,11,14-15H,1-3,6H2. The molecule has 17 heavy (non-hydrogen) atoms. The number of hydrogen-bond donors (Lipinski definition) is 2. The van der Waals surface area contributed by atoms with Crippen molar-refractivity contribution in [3.05, 3.63) is 22.2 Å². The molecule has 2 aliphatic rings. The topological polar surface area (TPSA) is 50.7 Å². The van der Waals surface area contributed by atoms with Gasteiger partial charge in [-0.3, -0.25) is 0 Å². The third kappa shape index (κ3) is 2.03. The van der Waals surface area contributed by atoms with Gasteiger partial charge in [0.25, 0.3) is 0 Å². The van der Waals surface area contributed by atoms with Crippen LogP contribution in [0.15, 0.2) is 16.6 Å². The molecule has 2 unspecified atom stereocenters. The van der Waals surface area contributed by atoms with Crippen LogP contribution in [0.3, 0.4) is 0 Å². The van der Waals surface area contributed by atoms with Crippen LogP contribution in [0, 0.1) is 0 Å². The van der Waals surface area contributed by atoms with Crippen LogP contribution in [0.4, 0.5) is 0 Å². The Hall–Kier alpha value is -0.780. The normalized spacial score (nSPS) is 24.0. The number of fused-ring (bicyclic) bond motifs is 1. The van der Waals surface area contributed by atoms with Gasteiger partial charge in [0.05, 0.1) is 10.6 Å². The molecular weight excluding hydrogens is 286 g/mol. The van der Waals surface area contributed by atoms with E-state index >= 15 is 0 Å². The first kappa shape index (κ1) is 11.3. The van der Waals surface area contributed by atoms with Gasteiger partial charge in [0.2, 0.25) is 6.79 Å². The zero-order valence-electron chi connectivity index (χ0n) is 9.28. The Kier molecular flexibility index (Phi) is 2.98. The van der Waals surface area contributed by atoms with Gasteiger partial charge in [-0.05, 0) is 53.0 Å². The molecule has 1 fully saturated rings. The Morgan fingerprint density at radius 3 is 3.06 bits per heavy atom. The van der Waals surface area contributed by atoms with Gasteiger partial charge in [-0.25, -0.2) is 0 Å². The van der Waals surface area contributed by atoms with Crippen LogP contribution in [0.1, 0.15) is 24.5 Å². The summed E-state index contributed by atoms with van der Waals surface area (Å²) in [6, 6.07) is 3.90. The number of benzene rings is 1. The van der Waals surface area contributed by atoms with Crippen molar-refractivity contribution >= 4 is 15.9 Å². The molecule has 0 amide bonds. The molecule has 2 N–H and O–H groups in total. The zero-order chi connectivity index (χ0) is 11.8. The van der Waals surface area contributed by atoms with Crippen molar-refractivity contribution in [1.82, 2.24) is 5.32 Å². The van der Waals surface area contributed by atoms with Gasteiger partial charge in [-0.15, -0.1) is 0 Å². The van der Waals surface area contributed by atoms with Gasteiger partial charge in [0, 0.05) is 6.04 Å². The van der Waals surface area contributed by atoms with Crippen molar-refractivity contribution in [3.8, 4) is 11.5 Å². The fourth-order valence-corrected chi connectivity index (χ4v) is 2.95. The molecule has 5 heteroatoms. The molecule has 3 rings (SSSR count). The number of nitrogens with one attached hydrogen (secondary N) is 1. The lowest BCUT2D eigenvalue weighted by atomic mass is 10.0. The van der Waals surface area contributed by atoms with E-state index in [0.29, 0.717) is 5.75 Å². The van der Waals surface area contributed by atoms with Gasteiger partial charge in [0.1, 0.15) is 0 Å². The highest BCUT2D eigenvalue weighted by Gasteiger charge is 2.27. The maximum absolute atomic E-state index is 10.3. The fraction of sp³-hybridized carbons (Fsp3) is 0.500. The van der Waals surface area contributed by atoms with Crippen LogP contribution in [0.25, 0.3) is 0 Å². The van der Waals surface area contributed by atoms with E-state index in [1.807, 2.05) is 12.1 Å². The summed E-state index contributed by atoms with van der Waals surface area (Å²) in [4.78, 5) is 0. The molecule has 92 valence electrons. The summed E-state index contributed by atoms with van der Waals surface area (Å²) in [5.41, 5.74) is 0.862. The summed E-state index contributed by atoms with van der Waals surface area (Å²) in [5, 5.41) is 13.6. The molecule has 2 aliphatic heterocycles. The van der Waals surface area contributed by atoms with Gasteiger partial charge in [-0.2, -0.15) is 0 Å². The zero-order valence-corrected chi connectivity index (χ0v) is 10.9. The Labute approximate surface area is 108 Å². The van der Waals surface area contributed by atoms with E-state index < -0.39 is 6.10 Å². The summed E-state index contributed by atoms with van der Waals surface area (Å²) in [5.74, 6) is 1.42. The van der Waals surface area contributed by atoms with Crippen molar-refractivity contribution in [1.29, 1.82) is 0 Å². The monoisotopic (exact) mass is 299 g/mol. The lowest BCUT2D eigenvalue weighted by Crippen LogP contribution is -2.28. The second-order valence-electron chi connectivity index (χ2n) is 4.38. The van der Waals surface area contributed by atoms with E-state index in [1.165, 1.54) is 0 Å². The largest absolute Gasteiger partial charge is 0.454 e. The van der Waals surface area contributed by atoms with Crippen LogP contribution in [-0.2, 0) is 0 Å². The van der Waals surface area contributed by atoms with Crippen molar-refractivity contribution in [2.24, 2.45) is 0 Å². The molecule has 2 atom stereocenters. The Balaban J connectivity index is 1.90. The van der Waals surface area contributed by atoms with E-state index in [4.69, 9.17) is 9.47 Å². The minimum absolute atomic E-state index is 0.141. The molecule has 0 radical (unpaired) electrons. The second-order valence-corrected chi connectivity index (χ2v) is 5.24. The summed E-state index contributed by atoms with van der Waals surface area (Å²) >= 11 is 3.44. The molecule has 0 saturated carbocycles. The summed E-state index contributed by atoms with van der Waals surface area (Å²) in [6.45, 7) is 1.22. The van der Waals surface area contributed by atoms with Crippen LogP contribution in [-0.4, -0.2) is 24.5 Å². The van der Waals surface area contributed by atoms with Gasteiger partial charge >= 0.3 is 0 Å². The number of aliphatic hydroxyl groups excluding tert-OH is 1. The molecule has 1 saturated heterocycles. The minimum atomic E-state index is -0.497.